The normalized spacial score (nSPS) is 19.3. The molecule has 4 atom stereocenters. The minimum Gasteiger partial charge on any atom is -0.481 e. The highest BCUT2D eigenvalue weighted by molar-refractivity contribution is 7.89. The third-order valence-corrected chi connectivity index (χ3v) is 9.59. The van der Waals surface area contributed by atoms with E-state index in [4.69, 9.17) is 9.84 Å². The van der Waals surface area contributed by atoms with Crippen LogP contribution in [0.2, 0.25) is 0 Å². The monoisotopic (exact) mass is 634 g/mol. The SMILES string of the molecule is CC1CN(S(=O)(=O)c2c(-c3ccc(F)cc3)c(-c3ccc(F)cc3)n(CCC(O)CC(O)CC(=O)O)c2C(C)C)CC(C)O1. The van der Waals surface area contributed by atoms with Crippen molar-refractivity contribution in [2.75, 3.05) is 13.1 Å². The lowest BCUT2D eigenvalue weighted by atomic mass is 10.00. The van der Waals surface area contributed by atoms with Gasteiger partial charge in [-0.25, -0.2) is 17.2 Å². The molecule has 0 spiro atoms. The number of hydrogen-bond acceptors (Lipinski definition) is 6. The van der Waals surface area contributed by atoms with Crippen LogP contribution in [0.1, 0.15) is 58.6 Å². The molecule has 4 rings (SSSR count). The maximum atomic E-state index is 14.7. The van der Waals surface area contributed by atoms with Gasteiger partial charge < -0.3 is 24.6 Å². The molecule has 1 saturated heterocycles. The van der Waals surface area contributed by atoms with E-state index >= 15 is 0 Å². The molecule has 1 aliphatic heterocycles. The summed E-state index contributed by atoms with van der Waals surface area (Å²) in [4.78, 5) is 11.1. The molecule has 4 unspecified atom stereocenters. The Hall–Kier alpha value is -3.16. The molecule has 1 fully saturated rings. The van der Waals surface area contributed by atoms with Crippen molar-refractivity contribution in [1.29, 1.82) is 0 Å². The Morgan fingerprint density at radius 3 is 1.95 bits per heavy atom. The summed E-state index contributed by atoms with van der Waals surface area (Å²) in [5, 5.41) is 29.9. The van der Waals surface area contributed by atoms with Gasteiger partial charge in [-0.15, -0.1) is 0 Å². The molecule has 0 radical (unpaired) electrons. The van der Waals surface area contributed by atoms with E-state index in [1.807, 2.05) is 13.8 Å². The second-order valence-corrected chi connectivity index (χ2v) is 13.6. The quantitative estimate of drug-likeness (QED) is 0.256. The fraction of sp³-hybridized carbons (Fsp3) is 0.469. The van der Waals surface area contributed by atoms with Crippen molar-refractivity contribution in [2.45, 2.75) is 88.7 Å². The summed E-state index contributed by atoms with van der Waals surface area (Å²) in [6, 6.07) is 11.1. The number of aliphatic hydroxyl groups excluding tert-OH is 2. The number of carboxylic acids is 1. The van der Waals surface area contributed by atoms with Crippen LogP contribution in [0.25, 0.3) is 22.4 Å². The minimum atomic E-state index is -4.18. The summed E-state index contributed by atoms with van der Waals surface area (Å²) in [5.41, 5.74) is 2.18. The van der Waals surface area contributed by atoms with Crippen molar-refractivity contribution >= 4 is 16.0 Å². The zero-order valence-corrected chi connectivity index (χ0v) is 26.1. The van der Waals surface area contributed by atoms with Crippen molar-refractivity contribution in [1.82, 2.24) is 8.87 Å². The van der Waals surface area contributed by atoms with E-state index in [1.165, 1.54) is 40.7 Å². The van der Waals surface area contributed by atoms with Crippen molar-refractivity contribution in [3.8, 4) is 22.4 Å². The Kier molecular flexibility index (Phi) is 10.6. The van der Waals surface area contributed by atoms with E-state index in [0.717, 1.165) is 0 Å². The number of halogens is 2. The van der Waals surface area contributed by atoms with Gasteiger partial charge in [0.15, 0.2) is 0 Å². The topological polar surface area (TPSA) is 129 Å². The van der Waals surface area contributed by atoms with Gasteiger partial charge in [0.25, 0.3) is 0 Å². The third kappa shape index (κ3) is 7.55. The Morgan fingerprint density at radius 2 is 1.45 bits per heavy atom. The van der Waals surface area contributed by atoms with Gasteiger partial charge in [0, 0.05) is 30.9 Å². The maximum absolute atomic E-state index is 14.7. The lowest BCUT2D eigenvalue weighted by Gasteiger charge is -2.35. The van der Waals surface area contributed by atoms with E-state index in [2.05, 4.69) is 0 Å². The number of nitrogens with zero attached hydrogens (tertiary/aromatic N) is 2. The van der Waals surface area contributed by atoms with Crippen LogP contribution in [0.5, 0.6) is 0 Å². The highest BCUT2D eigenvalue weighted by Gasteiger charge is 2.40. The maximum Gasteiger partial charge on any atom is 0.305 e. The van der Waals surface area contributed by atoms with Gasteiger partial charge in [0.05, 0.1) is 36.5 Å². The second kappa shape index (κ2) is 13.9. The molecule has 12 heteroatoms. The van der Waals surface area contributed by atoms with Crippen LogP contribution in [0.4, 0.5) is 8.78 Å². The van der Waals surface area contributed by atoms with E-state index in [9.17, 15) is 32.2 Å². The van der Waals surface area contributed by atoms with Crippen LogP contribution in [0.15, 0.2) is 53.4 Å². The molecular weight excluding hydrogens is 594 g/mol. The molecule has 2 heterocycles. The van der Waals surface area contributed by atoms with Gasteiger partial charge in [-0.1, -0.05) is 26.0 Å². The number of carboxylic acid groups (broad SMARTS) is 1. The van der Waals surface area contributed by atoms with Crippen molar-refractivity contribution < 1.29 is 42.0 Å². The number of morpholine rings is 1. The van der Waals surface area contributed by atoms with Crippen LogP contribution in [-0.4, -0.2) is 76.1 Å². The van der Waals surface area contributed by atoms with Gasteiger partial charge in [0.1, 0.15) is 16.5 Å². The van der Waals surface area contributed by atoms with Gasteiger partial charge in [-0.3, -0.25) is 4.79 Å². The lowest BCUT2D eigenvalue weighted by molar-refractivity contribution is -0.139. The largest absolute Gasteiger partial charge is 0.481 e. The van der Waals surface area contributed by atoms with Crippen LogP contribution >= 0.6 is 0 Å². The summed E-state index contributed by atoms with van der Waals surface area (Å²) >= 11 is 0. The van der Waals surface area contributed by atoms with E-state index in [1.54, 1.807) is 30.5 Å². The number of sulfonamides is 1. The molecule has 3 aromatic rings. The molecule has 9 nitrogen and oxygen atoms in total. The van der Waals surface area contributed by atoms with Crippen LogP contribution in [0, 0.1) is 11.6 Å². The highest BCUT2D eigenvalue weighted by atomic mass is 32.2. The number of rotatable bonds is 12. The Labute approximate surface area is 256 Å². The number of carbonyl (C=O) groups is 1. The fourth-order valence-corrected chi connectivity index (χ4v) is 8.08. The number of aliphatic carboxylic acids is 1. The molecule has 240 valence electrons. The van der Waals surface area contributed by atoms with Crippen molar-refractivity contribution in [2.24, 2.45) is 0 Å². The average Bonchev–Trinajstić information content (AvgIpc) is 3.28. The lowest BCUT2D eigenvalue weighted by Crippen LogP contribution is -2.48. The molecule has 44 heavy (non-hydrogen) atoms. The molecule has 2 aromatic carbocycles. The van der Waals surface area contributed by atoms with E-state index in [-0.39, 0.29) is 55.5 Å². The zero-order valence-electron chi connectivity index (χ0n) is 25.3. The number of ether oxygens (including phenoxy) is 1. The number of benzene rings is 2. The van der Waals surface area contributed by atoms with Crippen molar-refractivity contribution in [3.63, 3.8) is 0 Å². The highest BCUT2D eigenvalue weighted by Crippen LogP contribution is 2.46. The molecule has 1 aromatic heterocycles. The van der Waals surface area contributed by atoms with Crippen LogP contribution < -0.4 is 0 Å². The summed E-state index contributed by atoms with van der Waals surface area (Å²) in [6.07, 6.45) is -3.70. The molecule has 1 aliphatic rings. The first-order valence-corrected chi connectivity index (χ1v) is 16.1. The van der Waals surface area contributed by atoms with Crippen LogP contribution in [0.3, 0.4) is 0 Å². The number of aromatic nitrogens is 1. The Morgan fingerprint density at radius 1 is 0.932 bits per heavy atom. The molecule has 0 aliphatic carbocycles. The van der Waals surface area contributed by atoms with Crippen LogP contribution in [-0.2, 0) is 26.1 Å². The Bertz CT molecular complexity index is 1550. The predicted molar refractivity (Wildman–Crippen MR) is 162 cm³/mol. The summed E-state index contributed by atoms with van der Waals surface area (Å²) < 4.78 is 66.6. The third-order valence-electron chi connectivity index (χ3n) is 7.68. The zero-order chi connectivity index (χ0) is 32.3. The Balaban J connectivity index is 1.98. The van der Waals surface area contributed by atoms with E-state index < -0.39 is 46.3 Å². The predicted octanol–water partition coefficient (Wildman–Crippen LogP) is 5.00. The van der Waals surface area contributed by atoms with E-state index in [0.29, 0.717) is 28.1 Å². The second-order valence-electron chi connectivity index (χ2n) is 11.8. The molecule has 0 amide bonds. The van der Waals surface area contributed by atoms with Gasteiger partial charge >= 0.3 is 5.97 Å². The number of hydrogen-bond donors (Lipinski definition) is 3. The van der Waals surface area contributed by atoms with Crippen molar-refractivity contribution in [3.05, 3.63) is 65.9 Å². The summed E-state index contributed by atoms with van der Waals surface area (Å²) in [7, 11) is -4.18. The first kappa shape index (κ1) is 33.7. The van der Waals surface area contributed by atoms with Gasteiger partial charge in [-0.05, 0) is 80.1 Å². The van der Waals surface area contributed by atoms with Gasteiger partial charge in [-0.2, -0.15) is 4.31 Å². The summed E-state index contributed by atoms with van der Waals surface area (Å²) in [5.74, 6) is -2.52. The number of aliphatic hydroxyl groups is 2. The van der Waals surface area contributed by atoms with Gasteiger partial charge in [0.2, 0.25) is 10.0 Å². The first-order valence-electron chi connectivity index (χ1n) is 14.7. The molecule has 0 saturated carbocycles. The average molecular weight is 635 g/mol. The minimum absolute atomic E-state index is 0.0418. The molecule has 3 N–H and O–H groups in total. The molecule has 0 bridgehead atoms. The standard InChI is InChI=1S/C32H40F2N2O7S/c1-19(2)30-32(44(41,42)35-17-20(3)43-21(4)18-35)29(22-5-9-24(33)10-6-22)31(23-7-11-25(34)12-8-23)36(30)14-13-26(37)15-27(38)16-28(39)40/h5-12,19-21,26-27,37-38H,13-18H2,1-4H3,(H,39,40). The smallest absolute Gasteiger partial charge is 0.305 e. The first-order chi connectivity index (χ1) is 20.7. The summed E-state index contributed by atoms with van der Waals surface area (Å²) in [6.45, 7) is 7.67. The fourth-order valence-electron chi connectivity index (χ4n) is 5.92. The molecular formula is C32H40F2N2O7S.